The van der Waals surface area contributed by atoms with Gasteiger partial charge in [0, 0.05) is 44.8 Å². The largest absolute Gasteiger partial charge is 0.497 e. The van der Waals surface area contributed by atoms with E-state index >= 15 is 16.8 Å². The van der Waals surface area contributed by atoms with Gasteiger partial charge < -0.3 is 33.3 Å². The molecule has 22 nitrogen and oxygen atoms in total. The van der Waals surface area contributed by atoms with Gasteiger partial charge in [-0.15, -0.1) is 10.2 Å². The summed E-state index contributed by atoms with van der Waals surface area (Å²) in [5.74, 6) is 1.36. The van der Waals surface area contributed by atoms with Crippen molar-refractivity contribution in [2.45, 2.75) is 88.8 Å². The molecule has 0 unspecified atom stereocenters. The van der Waals surface area contributed by atoms with E-state index in [0.29, 0.717) is 38.0 Å². The third-order valence-corrected chi connectivity index (χ3v) is 18.2. The van der Waals surface area contributed by atoms with Gasteiger partial charge in [-0.2, -0.15) is 18.3 Å². The number of rotatable bonds is 18. The number of hydrogen-bond donors (Lipinski definition) is 0. The van der Waals surface area contributed by atoms with Crippen molar-refractivity contribution in [3.63, 3.8) is 0 Å². The zero-order valence-electron chi connectivity index (χ0n) is 48.4. The number of aromatic nitrogens is 5. The number of thiazole rings is 1. The lowest BCUT2D eigenvalue weighted by atomic mass is 9.98. The Labute approximate surface area is 497 Å². The van der Waals surface area contributed by atoms with Crippen LogP contribution in [0.4, 0.5) is 19.5 Å². The Morgan fingerprint density at radius 2 is 1.15 bits per heavy atom. The van der Waals surface area contributed by atoms with Crippen molar-refractivity contribution in [1.29, 1.82) is 0 Å². The molecule has 85 heavy (non-hydrogen) atoms. The third kappa shape index (κ3) is 14.4. The van der Waals surface area contributed by atoms with E-state index in [4.69, 9.17) is 38.5 Å². The van der Waals surface area contributed by atoms with Crippen molar-refractivity contribution >= 4 is 65.0 Å². The average molecular weight is 1220 g/mol. The normalized spacial score (nSPS) is 13.4. The van der Waals surface area contributed by atoms with E-state index in [1.165, 1.54) is 40.4 Å². The topological polar surface area (TPSA) is 244 Å². The molecule has 2 aromatic heterocycles. The molecule has 6 aromatic carbocycles. The Hall–Kier alpha value is -8.49. The fraction of sp³-hybridized carbons (Fsp3) is 0.317. The highest BCUT2D eigenvalue weighted by Gasteiger charge is 2.42. The van der Waals surface area contributed by atoms with Gasteiger partial charge >= 0.3 is 18.3 Å². The molecule has 0 saturated carbocycles. The van der Waals surface area contributed by atoms with Crippen molar-refractivity contribution in [1.82, 2.24) is 38.7 Å². The van der Waals surface area contributed by atoms with Crippen molar-refractivity contribution in [3.8, 4) is 39.8 Å². The summed E-state index contributed by atoms with van der Waals surface area (Å²) in [6.07, 6.45) is -2.78. The molecule has 0 aliphatic carbocycles. The lowest BCUT2D eigenvalue weighted by molar-refractivity contribution is 0.0430. The molecule has 8 aromatic rings. The van der Waals surface area contributed by atoms with Crippen LogP contribution >= 0.6 is 11.3 Å². The maximum absolute atomic E-state index is 16.6. The summed E-state index contributed by atoms with van der Waals surface area (Å²) >= 11 is 0.958. The van der Waals surface area contributed by atoms with E-state index in [9.17, 15) is 14.4 Å². The minimum absolute atomic E-state index is 0.00148. The second kappa shape index (κ2) is 25.4. The molecule has 0 bridgehead atoms. The number of benzene rings is 6. The number of ether oxygens (including phenoxy) is 6. The number of methoxy groups -OCH3 is 3. The number of piperazine rings is 1. The first-order valence-corrected chi connectivity index (χ1v) is 30.6. The highest BCUT2D eigenvalue weighted by molar-refractivity contribution is 7.92. The molecule has 1 saturated heterocycles. The first kappa shape index (κ1) is 61.1. The predicted molar refractivity (Wildman–Crippen MR) is 318 cm³/mol. The standard InChI is InChI=1S/C60H65N9O13S3/c1-59(2,3)81-57(71)69(58(72)82-60(4,5)6)55-61-52-48(16-13-17-49(52)83-55)47-30-31-50(84(73,74)66-34-32-65(33-35-66)56(70)80-39-43-14-11-10-12-15-43)53(51(47)54-62-64-68(63-54)38-42-22-28-46(79-9)29-23-42)85(75,76)67(36-40-18-24-44(77-7)25-19-40)37-41-20-26-45(78-8)27-21-41/h10-31H,32-39H2,1-9H3. The van der Waals surface area contributed by atoms with Gasteiger partial charge in [-0.25, -0.2) is 36.2 Å². The Morgan fingerprint density at radius 3 is 1.68 bits per heavy atom. The number of sulfonamides is 2. The number of carbonyl (C=O) groups is 3. The Bertz CT molecular complexity index is 3840. The minimum Gasteiger partial charge on any atom is -0.497 e. The molecule has 0 radical (unpaired) electrons. The first-order valence-electron chi connectivity index (χ1n) is 26.9. The molecule has 9 rings (SSSR count). The number of imide groups is 1. The lowest BCUT2D eigenvalue weighted by Crippen LogP contribution is -2.50. The Morgan fingerprint density at radius 1 is 0.612 bits per heavy atom. The number of para-hydroxylation sites is 1. The van der Waals surface area contributed by atoms with Crippen molar-refractivity contribution in [2.75, 3.05) is 52.4 Å². The number of nitrogens with zero attached hydrogens (tertiary/aromatic N) is 9. The summed E-state index contributed by atoms with van der Waals surface area (Å²) in [5, 5.41) is 13.6. The molecule has 1 aliphatic rings. The summed E-state index contributed by atoms with van der Waals surface area (Å²) in [4.78, 5) is 48.4. The van der Waals surface area contributed by atoms with Crippen LogP contribution in [-0.4, -0.2) is 133 Å². The minimum atomic E-state index is -5.12. The van der Waals surface area contributed by atoms with E-state index in [0.717, 1.165) is 26.8 Å². The summed E-state index contributed by atoms with van der Waals surface area (Å²) in [5.41, 5.74) is 0.673. The van der Waals surface area contributed by atoms with Crippen LogP contribution in [0.5, 0.6) is 17.2 Å². The number of amides is 3. The van der Waals surface area contributed by atoms with Crippen LogP contribution in [-0.2, 0) is 60.5 Å². The van der Waals surface area contributed by atoms with Crippen molar-refractivity contribution in [3.05, 3.63) is 156 Å². The van der Waals surface area contributed by atoms with Crippen LogP contribution in [0.1, 0.15) is 63.8 Å². The highest BCUT2D eigenvalue weighted by Crippen LogP contribution is 2.45. The van der Waals surface area contributed by atoms with E-state index in [1.54, 1.807) is 140 Å². The van der Waals surface area contributed by atoms with Crippen LogP contribution in [0.15, 0.2) is 143 Å². The molecule has 0 N–H and O–H groups in total. The molecule has 3 heterocycles. The fourth-order valence-electron chi connectivity index (χ4n) is 9.15. The summed E-state index contributed by atoms with van der Waals surface area (Å²) in [7, 11) is -5.42. The molecule has 1 fully saturated rings. The van der Waals surface area contributed by atoms with E-state index in [-0.39, 0.29) is 85.6 Å². The van der Waals surface area contributed by atoms with E-state index in [1.807, 2.05) is 30.3 Å². The van der Waals surface area contributed by atoms with Gasteiger partial charge in [0.15, 0.2) is 0 Å². The second-order valence-corrected chi connectivity index (χ2v) is 26.4. The zero-order valence-corrected chi connectivity index (χ0v) is 50.9. The van der Waals surface area contributed by atoms with Gasteiger partial charge in [-0.05, 0) is 123 Å². The quantitative estimate of drug-likeness (QED) is 0.0725. The van der Waals surface area contributed by atoms with Gasteiger partial charge in [0.1, 0.15) is 44.8 Å². The van der Waals surface area contributed by atoms with Gasteiger partial charge in [-0.3, -0.25) is 0 Å². The second-order valence-electron chi connectivity index (χ2n) is 21.7. The Balaban J connectivity index is 1.27. The van der Waals surface area contributed by atoms with Crippen LogP contribution in [0.3, 0.4) is 0 Å². The zero-order chi connectivity index (χ0) is 60.8. The smallest absolute Gasteiger partial charge is 0.426 e. The summed E-state index contributed by atoms with van der Waals surface area (Å²) in [6.45, 7) is 8.72. The van der Waals surface area contributed by atoms with E-state index < -0.39 is 59.3 Å². The monoisotopic (exact) mass is 1220 g/mol. The van der Waals surface area contributed by atoms with E-state index in [2.05, 4.69) is 10.3 Å². The maximum atomic E-state index is 16.6. The predicted octanol–water partition coefficient (Wildman–Crippen LogP) is 10.4. The number of tetrazole rings is 1. The third-order valence-electron chi connectivity index (χ3n) is 13.3. The van der Waals surface area contributed by atoms with Crippen LogP contribution < -0.4 is 19.1 Å². The van der Waals surface area contributed by atoms with Gasteiger partial charge in [0.2, 0.25) is 31.0 Å². The number of fused-ring (bicyclic) bond motifs is 1. The number of hydrogen-bond acceptors (Lipinski definition) is 18. The van der Waals surface area contributed by atoms with Crippen molar-refractivity contribution in [2.24, 2.45) is 0 Å². The molecular weight excluding hydrogens is 1150 g/mol. The fourth-order valence-corrected chi connectivity index (χ4v) is 13.9. The molecule has 3 amide bonds. The summed E-state index contributed by atoms with van der Waals surface area (Å²) < 4.78 is 101. The average Bonchev–Trinajstić information content (AvgIpc) is 2.29. The Kier molecular flexibility index (Phi) is 18.2. The molecule has 0 atom stereocenters. The van der Waals surface area contributed by atoms with Crippen LogP contribution in [0, 0.1) is 0 Å². The lowest BCUT2D eigenvalue weighted by Gasteiger charge is -2.34. The molecule has 446 valence electrons. The summed E-state index contributed by atoms with van der Waals surface area (Å²) in [6, 6.07) is 37.5. The van der Waals surface area contributed by atoms with Crippen LogP contribution in [0.2, 0.25) is 0 Å². The molecule has 25 heteroatoms. The number of anilines is 1. The first-order chi connectivity index (χ1) is 40.4. The SMILES string of the molecule is COc1ccc(CN(Cc2ccc(OC)cc2)S(=O)(=O)c2c(S(=O)(=O)N3CCN(C(=O)OCc4ccccc4)CC3)ccc(-c3cccc4sc(N(C(=O)OC(C)(C)C)C(=O)OC(C)(C)C)nc34)c2-c2nnn(Cc3ccc(OC)cc3)n2)cc1. The molecule has 0 spiro atoms. The molecular formula is C60H65N9O13S3. The number of carbonyl (C=O) groups excluding carboxylic acids is 3. The highest BCUT2D eigenvalue weighted by atomic mass is 32.2. The van der Waals surface area contributed by atoms with Gasteiger partial charge in [0.05, 0.1) is 43.7 Å². The molecule has 1 aliphatic heterocycles. The van der Waals surface area contributed by atoms with Gasteiger partial charge in [0.25, 0.3) is 0 Å². The van der Waals surface area contributed by atoms with Crippen molar-refractivity contribution < 1.29 is 59.6 Å². The van der Waals surface area contributed by atoms with Gasteiger partial charge in [-0.1, -0.05) is 96.3 Å². The van der Waals surface area contributed by atoms with Crippen LogP contribution in [0.25, 0.3) is 32.7 Å². The maximum Gasteiger partial charge on any atom is 0.426 e.